The number of rotatable bonds is 8. The Morgan fingerprint density at radius 1 is 1.25 bits per heavy atom. The number of guanidine groups is 1. The van der Waals surface area contributed by atoms with Gasteiger partial charge in [0.2, 0.25) is 0 Å². The highest BCUT2D eigenvalue weighted by atomic mass is 35.5. The summed E-state index contributed by atoms with van der Waals surface area (Å²) in [5, 5.41) is 11.6. The molecule has 1 heterocycles. The minimum atomic E-state index is 0.781. The van der Waals surface area contributed by atoms with Gasteiger partial charge in [0.25, 0.3) is 0 Å². The molecule has 0 aliphatic carbocycles. The molecule has 6 heteroatoms. The Morgan fingerprint density at radius 3 is 2.83 bits per heavy atom. The maximum atomic E-state index is 6.01. The van der Waals surface area contributed by atoms with E-state index in [1.165, 1.54) is 11.1 Å². The molecule has 0 spiro atoms. The van der Waals surface area contributed by atoms with Crippen molar-refractivity contribution in [2.45, 2.75) is 26.2 Å². The fourth-order valence-corrected chi connectivity index (χ4v) is 2.65. The molecule has 1 aromatic carbocycles. The molecule has 130 valence electrons. The monoisotopic (exact) mass is 347 g/mol. The van der Waals surface area contributed by atoms with E-state index in [4.69, 9.17) is 11.6 Å². The highest BCUT2D eigenvalue weighted by Crippen LogP contribution is 2.10. The van der Waals surface area contributed by atoms with Crippen molar-refractivity contribution in [3.8, 4) is 0 Å². The average molecular weight is 348 g/mol. The van der Waals surface area contributed by atoms with Crippen LogP contribution in [0.4, 0.5) is 0 Å². The molecule has 0 fully saturated rings. The molecule has 2 aromatic rings. The van der Waals surface area contributed by atoms with Gasteiger partial charge < -0.3 is 10.6 Å². The standard InChI is InChI=1S/C18H26ClN5/c1-3-20-18(21-10-5-7-16-13-23-24(2)14-16)22-11-9-15-6-4-8-17(19)12-15/h4,6,8,12-14H,3,5,7,9-11H2,1-2H3,(H2,20,21,22). The number of benzene rings is 1. The molecule has 0 unspecified atom stereocenters. The summed E-state index contributed by atoms with van der Waals surface area (Å²) in [6.07, 6.45) is 6.90. The van der Waals surface area contributed by atoms with Gasteiger partial charge in [-0.15, -0.1) is 0 Å². The molecular weight excluding hydrogens is 322 g/mol. The number of hydrogen-bond acceptors (Lipinski definition) is 2. The van der Waals surface area contributed by atoms with Crippen molar-refractivity contribution in [1.82, 2.24) is 20.4 Å². The van der Waals surface area contributed by atoms with E-state index < -0.39 is 0 Å². The number of halogens is 1. The van der Waals surface area contributed by atoms with Crippen molar-refractivity contribution in [1.29, 1.82) is 0 Å². The highest BCUT2D eigenvalue weighted by molar-refractivity contribution is 6.30. The summed E-state index contributed by atoms with van der Waals surface area (Å²) in [6.45, 7) is 4.55. The topological polar surface area (TPSA) is 54.2 Å². The fraction of sp³-hybridized carbons (Fsp3) is 0.444. The number of nitrogens with one attached hydrogen (secondary N) is 2. The van der Waals surface area contributed by atoms with Crippen LogP contribution in [0.3, 0.4) is 0 Å². The fourth-order valence-electron chi connectivity index (χ4n) is 2.43. The van der Waals surface area contributed by atoms with Gasteiger partial charge in [0.05, 0.1) is 6.20 Å². The number of aryl methyl sites for hydroxylation is 2. The Bertz CT molecular complexity index is 650. The van der Waals surface area contributed by atoms with Crippen LogP contribution in [0.2, 0.25) is 5.02 Å². The van der Waals surface area contributed by atoms with E-state index in [0.29, 0.717) is 0 Å². The molecule has 0 bridgehead atoms. The molecule has 0 saturated carbocycles. The number of aliphatic imine (C=N–C) groups is 1. The molecule has 2 N–H and O–H groups in total. The lowest BCUT2D eigenvalue weighted by atomic mass is 10.1. The quantitative estimate of drug-likeness (QED) is 0.438. The Hall–Kier alpha value is -2.01. The Morgan fingerprint density at radius 2 is 2.12 bits per heavy atom. The Balaban J connectivity index is 1.73. The van der Waals surface area contributed by atoms with Crippen LogP contribution in [-0.2, 0) is 19.9 Å². The van der Waals surface area contributed by atoms with Gasteiger partial charge in [0.1, 0.15) is 0 Å². The first-order valence-corrected chi connectivity index (χ1v) is 8.79. The molecule has 1 aromatic heterocycles. The van der Waals surface area contributed by atoms with Gasteiger partial charge in [-0.3, -0.25) is 9.67 Å². The SMILES string of the molecule is CCNC(=NCCCc1cnn(C)c1)NCCc1cccc(Cl)c1. The molecule has 2 rings (SSSR count). The van der Waals surface area contributed by atoms with E-state index in [1.54, 1.807) is 0 Å². The first kappa shape index (κ1) is 18.3. The van der Waals surface area contributed by atoms with Gasteiger partial charge in [-0.05, 0) is 49.4 Å². The zero-order chi connectivity index (χ0) is 17.2. The summed E-state index contributed by atoms with van der Waals surface area (Å²) < 4.78 is 1.83. The molecule has 24 heavy (non-hydrogen) atoms. The Labute approximate surface area is 149 Å². The third kappa shape index (κ3) is 6.62. The molecule has 0 amide bonds. The summed E-state index contributed by atoms with van der Waals surface area (Å²) in [7, 11) is 1.94. The van der Waals surface area contributed by atoms with Crippen LogP contribution in [0, 0.1) is 0 Å². The van der Waals surface area contributed by atoms with E-state index in [-0.39, 0.29) is 0 Å². The summed E-state index contributed by atoms with van der Waals surface area (Å²) in [4.78, 5) is 4.63. The van der Waals surface area contributed by atoms with Crippen LogP contribution in [0.25, 0.3) is 0 Å². The number of hydrogen-bond donors (Lipinski definition) is 2. The molecule has 0 saturated heterocycles. The van der Waals surface area contributed by atoms with Gasteiger partial charge in [-0.2, -0.15) is 5.10 Å². The lowest BCUT2D eigenvalue weighted by Crippen LogP contribution is -2.38. The van der Waals surface area contributed by atoms with Crippen LogP contribution in [0.5, 0.6) is 0 Å². The number of nitrogens with zero attached hydrogens (tertiary/aromatic N) is 3. The molecule has 0 radical (unpaired) electrons. The van der Waals surface area contributed by atoms with E-state index in [9.17, 15) is 0 Å². The summed E-state index contributed by atoms with van der Waals surface area (Å²) in [5.74, 6) is 0.866. The first-order valence-electron chi connectivity index (χ1n) is 8.41. The normalized spacial score (nSPS) is 11.5. The molecule has 0 atom stereocenters. The summed E-state index contributed by atoms with van der Waals surface area (Å²) >= 11 is 6.01. The van der Waals surface area contributed by atoms with Crippen molar-refractivity contribution < 1.29 is 0 Å². The van der Waals surface area contributed by atoms with Crippen molar-refractivity contribution in [2.24, 2.45) is 12.0 Å². The van der Waals surface area contributed by atoms with Crippen LogP contribution in [0.1, 0.15) is 24.5 Å². The van der Waals surface area contributed by atoms with E-state index >= 15 is 0 Å². The average Bonchev–Trinajstić information content (AvgIpc) is 2.97. The Kier molecular flexibility index (Phi) is 7.62. The second-order valence-corrected chi connectivity index (χ2v) is 6.13. The van der Waals surface area contributed by atoms with Crippen LogP contribution >= 0.6 is 11.6 Å². The van der Waals surface area contributed by atoms with Gasteiger partial charge in [-0.1, -0.05) is 23.7 Å². The van der Waals surface area contributed by atoms with Gasteiger partial charge in [0.15, 0.2) is 5.96 Å². The third-order valence-corrected chi connectivity index (χ3v) is 3.83. The zero-order valence-electron chi connectivity index (χ0n) is 14.4. The van der Waals surface area contributed by atoms with E-state index in [0.717, 1.165) is 49.9 Å². The van der Waals surface area contributed by atoms with Crippen LogP contribution in [0.15, 0.2) is 41.7 Å². The maximum Gasteiger partial charge on any atom is 0.191 e. The molecular formula is C18H26ClN5. The summed E-state index contributed by atoms with van der Waals surface area (Å²) in [5.41, 5.74) is 2.48. The van der Waals surface area contributed by atoms with Crippen molar-refractivity contribution >= 4 is 17.6 Å². The van der Waals surface area contributed by atoms with E-state index in [1.807, 2.05) is 36.1 Å². The maximum absolute atomic E-state index is 6.01. The van der Waals surface area contributed by atoms with Crippen molar-refractivity contribution in [2.75, 3.05) is 19.6 Å². The zero-order valence-corrected chi connectivity index (χ0v) is 15.2. The molecule has 5 nitrogen and oxygen atoms in total. The minimum absolute atomic E-state index is 0.781. The second-order valence-electron chi connectivity index (χ2n) is 5.69. The highest BCUT2D eigenvalue weighted by Gasteiger charge is 2.00. The van der Waals surface area contributed by atoms with Crippen molar-refractivity contribution in [3.05, 3.63) is 52.8 Å². The predicted octanol–water partition coefficient (Wildman–Crippen LogP) is 2.80. The number of aromatic nitrogens is 2. The van der Waals surface area contributed by atoms with Crippen LogP contribution < -0.4 is 10.6 Å². The van der Waals surface area contributed by atoms with Gasteiger partial charge >= 0.3 is 0 Å². The smallest absolute Gasteiger partial charge is 0.191 e. The second kappa shape index (κ2) is 9.98. The molecule has 0 aliphatic rings. The predicted molar refractivity (Wildman–Crippen MR) is 101 cm³/mol. The van der Waals surface area contributed by atoms with Crippen molar-refractivity contribution in [3.63, 3.8) is 0 Å². The molecule has 0 aliphatic heterocycles. The summed E-state index contributed by atoms with van der Waals surface area (Å²) in [6, 6.07) is 7.97. The lowest BCUT2D eigenvalue weighted by molar-refractivity contribution is 0.763. The van der Waals surface area contributed by atoms with Crippen LogP contribution in [-0.4, -0.2) is 35.4 Å². The third-order valence-electron chi connectivity index (χ3n) is 3.59. The van der Waals surface area contributed by atoms with Gasteiger partial charge in [0, 0.05) is 37.9 Å². The van der Waals surface area contributed by atoms with Gasteiger partial charge in [-0.25, -0.2) is 0 Å². The minimum Gasteiger partial charge on any atom is -0.357 e. The largest absolute Gasteiger partial charge is 0.357 e. The lowest BCUT2D eigenvalue weighted by Gasteiger charge is -2.11. The first-order chi connectivity index (χ1) is 11.7. The van der Waals surface area contributed by atoms with E-state index in [2.05, 4.69) is 39.9 Å².